The number of hydrogen-bond donors (Lipinski definition) is 2. The van der Waals surface area contributed by atoms with Crippen LogP contribution in [0.25, 0.3) is 0 Å². The molecular weight excluding hydrogens is 303 g/mol. The van der Waals surface area contributed by atoms with Gasteiger partial charge in [0.25, 0.3) is 5.91 Å². The van der Waals surface area contributed by atoms with Gasteiger partial charge in [0.15, 0.2) is 6.54 Å². The number of carbonyl (C=O) groups excluding carboxylic acids is 1. The Morgan fingerprint density at radius 3 is 2.45 bits per heavy atom. The molecule has 2 aromatic carbocycles. The molecule has 0 bridgehead atoms. The molecule has 3 N–H and O–H groups in total. The summed E-state index contributed by atoms with van der Waals surface area (Å²) >= 11 is 5.86. The summed E-state index contributed by atoms with van der Waals surface area (Å²) in [7, 11) is 0. The molecular formula is C17H19ClFN2O+. The van der Waals surface area contributed by atoms with Crippen LogP contribution in [0.2, 0.25) is 5.02 Å². The van der Waals surface area contributed by atoms with Crippen molar-refractivity contribution in [3.05, 3.63) is 70.5 Å². The third-order valence-corrected chi connectivity index (χ3v) is 3.71. The molecule has 3 nitrogen and oxygen atoms in total. The van der Waals surface area contributed by atoms with E-state index >= 15 is 0 Å². The van der Waals surface area contributed by atoms with Crippen LogP contribution in [0.4, 0.5) is 4.39 Å². The molecule has 0 radical (unpaired) electrons. The Kier molecular flexibility index (Phi) is 5.92. The first-order valence-electron chi connectivity index (χ1n) is 7.14. The highest BCUT2D eigenvalue weighted by atomic mass is 35.5. The first-order chi connectivity index (χ1) is 10.5. The van der Waals surface area contributed by atoms with E-state index in [-0.39, 0.29) is 17.8 Å². The minimum atomic E-state index is -0.278. The van der Waals surface area contributed by atoms with E-state index in [1.807, 2.05) is 36.5 Å². The predicted molar refractivity (Wildman–Crippen MR) is 84.9 cm³/mol. The Bertz CT molecular complexity index is 614. The molecule has 0 aliphatic carbocycles. The number of nitrogens with one attached hydrogen (secondary N) is 1. The number of hydrogen-bond acceptors (Lipinski definition) is 1. The summed E-state index contributed by atoms with van der Waals surface area (Å²) in [4.78, 5) is 11.8. The minimum absolute atomic E-state index is 0.0508. The van der Waals surface area contributed by atoms with Gasteiger partial charge < -0.3 is 10.6 Å². The smallest absolute Gasteiger partial charge is 0.275 e. The van der Waals surface area contributed by atoms with Gasteiger partial charge in [0.2, 0.25) is 0 Å². The lowest BCUT2D eigenvalue weighted by Crippen LogP contribution is -2.87. The summed E-state index contributed by atoms with van der Waals surface area (Å²) in [5, 5.41) is 5.48. The predicted octanol–water partition coefficient (Wildman–Crippen LogP) is 2.42. The SMILES string of the molecule is C[C@H]([NH2+]CC(=O)NCc1ccc(F)cc1)c1ccc(Cl)cc1. The minimum Gasteiger partial charge on any atom is -0.347 e. The van der Waals surface area contributed by atoms with Crippen LogP contribution in [0.15, 0.2) is 48.5 Å². The van der Waals surface area contributed by atoms with Crippen molar-refractivity contribution in [1.29, 1.82) is 0 Å². The summed E-state index contributed by atoms with van der Waals surface area (Å²) in [5.41, 5.74) is 2.00. The van der Waals surface area contributed by atoms with Crippen molar-refractivity contribution in [1.82, 2.24) is 5.32 Å². The van der Waals surface area contributed by atoms with Gasteiger partial charge in [0.05, 0.1) is 0 Å². The van der Waals surface area contributed by atoms with Crippen LogP contribution >= 0.6 is 11.6 Å². The molecule has 0 fully saturated rings. The maximum absolute atomic E-state index is 12.8. The van der Waals surface area contributed by atoms with Gasteiger partial charge in [-0.05, 0) is 36.8 Å². The molecule has 1 amide bonds. The van der Waals surface area contributed by atoms with E-state index in [1.165, 1.54) is 12.1 Å². The number of amides is 1. The standard InChI is InChI=1S/C17H18ClFN2O/c1-12(14-4-6-15(18)7-5-14)20-11-17(22)21-10-13-2-8-16(19)9-3-13/h2-9,12,20H,10-11H2,1H3,(H,21,22)/p+1/t12-/m0/s1. The Labute approximate surface area is 134 Å². The van der Waals surface area contributed by atoms with Crippen LogP contribution in [0.1, 0.15) is 24.1 Å². The average Bonchev–Trinajstić information content (AvgIpc) is 2.52. The largest absolute Gasteiger partial charge is 0.347 e. The third-order valence-electron chi connectivity index (χ3n) is 3.46. The Morgan fingerprint density at radius 2 is 1.82 bits per heavy atom. The first-order valence-corrected chi connectivity index (χ1v) is 7.52. The van der Waals surface area contributed by atoms with E-state index in [1.54, 1.807) is 12.1 Å². The van der Waals surface area contributed by atoms with Gasteiger partial charge in [-0.3, -0.25) is 4.79 Å². The van der Waals surface area contributed by atoms with E-state index in [0.717, 1.165) is 11.1 Å². The first kappa shape index (κ1) is 16.5. The Balaban J connectivity index is 1.75. The summed E-state index contributed by atoms with van der Waals surface area (Å²) in [6.45, 7) is 2.78. The van der Waals surface area contributed by atoms with Gasteiger partial charge in [0, 0.05) is 17.1 Å². The molecule has 0 aromatic heterocycles. The van der Waals surface area contributed by atoms with Crippen LogP contribution in [-0.4, -0.2) is 12.5 Å². The van der Waals surface area contributed by atoms with Crippen molar-refractivity contribution in [3.63, 3.8) is 0 Å². The van der Waals surface area contributed by atoms with Gasteiger partial charge in [-0.2, -0.15) is 0 Å². The van der Waals surface area contributed by atoms with Crippen molar-refractivity contribution in [3.8, 4) is 0 Å². The molecule has 0 aliphatic rings. The second-order valence-electron chi connectivity index (χ2n) is 5.18. The van der Waals surface area contributed by atoms with Crippen LogP contribution in [0.3, 0.4) is 0 Å². The summed E-state index contributed by atoms with van der Waals surface area (Å²) in [5.74, 6) is -0.328. The summed E-state index contributed by atoms with van der Waals surface area (Å²) < 4.78 is 12.8. The van der Waals surface area contributed by atoms with Crippen molar-refractivity contribution < 1.29 is 14.5 Å². The van der Waals surface area contributed by atoms with Crippen LogP contribution in [-0.2, 0) is 11.3 Å². The molecule has 2 rings (SSSR count). The summed E-state index contributed by atoms with van der Waals surface area (Å²) in [6, 6.07) is 13.9. The van der Waals surface area contributed by atoms with Gasteiger partial charge in [0.1, 0.15) is 11.9 Å². The lowest BCUT2D eigenvalue weighted by atomic mass is 10.1. The van der Waals surface area contributed by atoms with Crippen molar-refractivity contribution in [2.24, 2.45) is 0 Å². The van der Waals surface area contributed by atoms with Crippen LogP contribution in [0, 0.1) is 5.82 Å². The molecule has 2 aromatic rings. The number of quaternary nitrogens is 1. The number of halogens is 2. The highest BCUT2D eigenvalue weighted by molar-refractivity contribution is 6.30. The van der Waals surface area contributed by atoms with Crippen LogP contribution < -0.4 is 10.6 Å². The number of benzene rings is 2. The van der Waals surface area contributed by atoms with Crippen molar-refractivity contribution in [2.45, 2.75) is 19.5 Å². The highest BCUT2D eigenvalue weighted by Crippen LogP contribution is 2.13. The molecule has 0 saturated carbocycles. The quantitative estimate of drug-likeness (QED) is 0.843. The van der Waals surface area contributed by atoms with Crippen molar-refractivity contribution in [2.75, 3.05) is 6.54 Å². The fourth-order valence-corrected chi connectivity index (χ4v) is 2.19. The van der Waals surface area contributed by atoms with Gasteiger partial charge >= 0.3 is 0 Å². The van der Waals surface area contributed by atoms with Gasteiger partial charge in [-0.15, -0.1) is 0 Å². The maximum Gasteiger partial charge on any atom is 0.275 e. The molecule has 5 heteroatoms. The summed E-state index contributed by atoms with van der Waals surface area (Å²) in [6.07, 6.45) is 0. The number of carbonyl (C=O) groups is 1. The lowest BCUT2D eigenvalue weighted by molar-refractivity contribution is -0.682. The van der Waals surface area contributed by atoms with E-state index in [0.29, 0.717) is 18.1 Å². The number of rotatable bonds is 6. The van der Waals surface area contributed by atoms with Gasteiger partial charge in [-0.25, -0.2) is 4.39 Å². The Hall–Kier alpha value is -1.91. The second-order valence-corrected chi connectivity index (χ2v) is 5.62. The molecule has 0 unspecified atom stereocenters. The van der Waals surface area contributed by atoms with Crippen LogP contribution in [0.5, 0.6) is 0 Å². The molecule has 1 atom stereocenters. The van der Waals surface area contributed by atoms with E-state index in [2.05, 4.69) is 5.32 Å². The lowest BCUT2D eigenvalue weighted by Gasteiger charge is -2.11. The van der Waals surface area contributed by atoms with E-state index in [4.69, 9.17) is 11.6 Å². The molecule has 116 valence electrons. The second kappa shape index (κ2) is 7.92. The molecule has 22 heavy (non-hydrogen) atoms. The topological polar surface area (TPSA) is 45.7 Å². The maximum atomic E-state index is 12.8. The molecule has 0 heterocycles. The third kappa shape index (κ3) is 5.13. The fraction of sp³-hybridized carbons (Fsp3) is 0.235. The van der Waals surface area contributed by atoms with E-state index < -0.39 is 0 Å². The van der Waals surface area contributed by atoms with Gasteiger partial charge in [-0.1, -0.05) is 35.9 Å². The fourth-order valence-electron chi connectivity index (χ4n) is 2.06. The highest BCUT2D eigenvalue weighted by Gasteiger charge is 2.11. The zero-order valence-corrected chi connectivity index (χ0v) is 13.1. The monoisotopic (exact) mass is 321 g/mol. The molecule has 0 aliphatic heterocycles. The molecule has 0 saturated heterocycles. The Morgan fingerprint density at radius 1 is 1.18 bits per heavy atom. The normalized spacial score (nSPS) is 12.0. The zero-order valence-electron chi connectivity index (χ0n) is 12.4. The average molecular weight is 322 g/mol. The zero-order chi connectivity index (χ0) is 15.9. The molecule has 0 spiro atoms. The van der Waals surface area contributed by atoms with Crippen molar-refractivity contribution >= 4 is 17.5 Å². The van der Waals surface area contributed by atoms with E-state index in [9.17, 15) is 9.18 Å². The number of nitrogens with two attached hydrogens (primary N) is 1.